The van der Waals surface area contributed by atoms with Crippen molar-refractivity contribution in [1.29, 1.82) is 0 Å². The lowest BCUT2D eigenvalue weighted by atomic mass is 10.1. The summed E-state index contributed by atoms with van der Waals surface area (Å²) in [4.78, 5) is 44.3. The van der Waals surface area contributed by atoms with E-state index in [0.717, 1.165) is 6.08 Å². The molecule has 0 bridgehead atoms. The van der Waals surface area contributed by atoms with Crippen molar-refractivity contribution in [1.82, 2.24) is 0 Å². The Labute approximate surface area is 133 Å². The summed E-state index contributed by atoms with van der Waals surface area (Å²) in [6.45, 7) is 6.41. The van der Waals surface area contributed by atoms with Crippen LogP contribution in [0.3, 0.4) is 0 Å². The SMILES string of the molecule is C=C(C)C(=O)OCC(CC)OC(=O)C=C(CC(=O)O)CC(=O)O. The van der Waals surface area contributed by atoms with Gasteiger partial charge in [-0.2, -0.15) is 0 Å². The summed E-state index contributed by atoms with van der Waals surface area (Å²) in [6, 6.07) is 0. The molecule has 0 aromatic carbocycles. The van der Waals surface area contributed by atoms with Crippen LogP contribution in [-0.2, 0) is 28.7 Å². The van der Waals surface area contributed by atoms with Crippen LogP contribution in [0.2, 0.25) is 0 Å². The van der Waals surface area contributed by atoms with E-state index in [1.165, 1.54) is 6.92 Å². The topological polar surface area (TPSA) is 127 Å². The fourth-order valence-corrected chi connectivity index (χ4v) is 1.45. The molecule has 1 unspecified atom stereocenters. The predicted octanol–water partition coefficient (Wildman–Crippen LogP) is 1.30. The maximum atomic E-state index is 11.7. The molecule has 0 aliphatic carbocycles. The largest absolute Gasteiger partial charge is 0.481 e. The zero-order chi connectivity index (χ0) is 18.0. The summed E-state index contributed by atoms with van der Waals surface area (Å²) in [5.41, 5.74) is 0.111. The number of esters is 2. The Bertz CT molecular complexity index is 500. The molecule has 0 aliphatic rings. The van der Waals surface area contributed by atoms with E-state index in [1.807, 2.05) is 0 Å². The van der Waals surface area contributed by atoms with Gasteiger partial charge in [0.15, 0.2) is 0 Å². The van der Waals surface area contributed by atoms with Crippen molar-refractivity contribution in [2.45, 2.75) is 39.2 Å². The van der Waals surface area contributed by atoms with Crippen LogP contribution in [0, 0.1) is 0 Å². The van der Waals surface area contributed by atoms with Crippen molar-refractivity contribution >= 4 is 23.9 Å². The quantitative estimate of drug-likeness (QED) is 0.454. The van der Waals surface area contributed by atoms with E-state index in [0.29, 0.717) is 6.42 Å². The van der Waals surface area contributed by atoms with E-state index in [4.69, 9.17) is 19.7 Å². The Morgan fingerprint density at radius 2 is 1.65 bits per heavy atom. The van der Waals surface area contributed by atoms with Crippen molar-refractivity contribution in [2.24, 2.45) is 0 Å². The number of carbonyl (C=O) groups excluding carboxylic acids is 2. The number of hydrogen-bond donors (Lipinski definition) is 2. The maximum absolute atomic E-state index is 11.7. The number of aliphatic carboxylic acids is 2. The van der Waals surface area contributed by atoms with Gasteiger partial charge in [-0.1, -0.05) is 13.5 Å². The van der Waals surface area contributed by atoms with Crippen molar-refractivity contribution < 1.29 is 38.9 Å². The number of rotatable bonds is 10. The van der Waals surface area contributed by atoms with Gasteiger partial charge in [-0.15, -0.1) is 0 Å². The third-order valence-corrected chi connectivity index (χ3v) is 2.57. The van der Waals surface area contributed by atoms with Crippen LogP contribution in [0.5, 0.6) is 0 Å². The first-order valence-corrected chi connectivity index (χ1v) is 6.82. The Kier molecular flexibility index (Phi) is 8.98. The molecular formula is C15H20O8. The Morgan fingerprint density at radius 3 is 2.04 bits per heavy atom. The molecule has 0 aromatic rings. The van der Waals surface area contributed by atoms with Gasteiger partial charge in [-0.05, 0) is 18.9 Å². The molecule has 0 fully saturated rings. The smallest absolute Gasteiger partial charge is 0.333 e. The molecule has 0 aromatic heterocycles. The molecule has 0 saturated carbocycles. The minimum Gasteiger partial charge on any atom is -0.481 e. The second-order valence-electron chi connectivity index (χ2n) is 4.79. The lowest BCUT2D eigenvalue weighted by Gasteiger charge is -2.15. The minimum absolute atomic E-state index is 0.0937. The third kappa shape index (κ3) is 9.83. The minimum atomic E-state index is -1.26. The van der Waals surface area contributed by atoms with Gasteiger partial charge in [0.25, 0.3) is 0 Å². The van der Waals surface area contributed by atoms with Gasteiger partial charge in [0.1, 0.15) is 12.7 Å². The molecule has 0 aliphatic heterocycles. The van der Waals surface area contributed by atoms with Crippen LogP contribution in [0.15, 0.2) is 23.8 Å². The van der Waals surface area contributed by atoms with E-state index in [1.54, 1.807) is 6.92 Å². The van der Waals surface area contributed by atoms with Gasteiger partial charge in [0, 0.05) is 11.6 Å². The molecule has 1 atom stereocenters. The predicted molar refractivity (Wildman–Crippen MR) is 78.5 cm³/mol. The third-order valence-electron chi connectivity index (χ3n) is 2.57. The molecule has 0 rings (SSSR count). The normalized spacial score (nSPS) is 11.0. The standard InChI is InChI=1S/C15H20O8/c1-4-11(8-22-15(21)9(2)3)23-14(20)7-10(5-12(16)17)6-13(18)19/h7,11H,2,4-6,8H2,1,3H3,(H,16,17)(H,18,19). The zero-order valence-corrected chi connectivity index (χ0v) is 13.0. The average Bonchev–Trinajstić information content (AvgIpc) is 2.41. The highest BCUT2D eigenvalue weighted by Crippen LogP contribution is 2.09. The fraction of sp³-hybridized carbons (Fsp3) is 0.467. The van der Waals surface area contributed by atoms with Crippen LogP contribution in [-0.4, -0.2) is 46.8 Å². The van der Waals surface area contributed by atoms with Crippen LogP contribution in [0.4, 0.5) is 0 Å². The van der Waals surface area contributed by atoms with Gasteiger partial charge in [-0.3, -0.25) is 9.59 Å². The molecule has 0 spiro atoms. The monoisotopic (exact) mass is 328 g/mol. The average molecular weight is 328 g/mol. The molecule has 0 radical (unpaired) electrons. The van der Waals surface area contributed by atoms with Crippen LogP contribution in [0.1, 0.15) is 33.1 Å². The molecule has 8 nitrogen and oxygen atoms in total. The van der Waals surface area contributed by atoms with E-state index >= 15 is 0 Å². The van der Waals surface area contributed by atoms with E-state index < -0.39 is 42.8 Å². The summed E-state index contributed by atoms with van der Waals surface area (Å²) < 4.78 is 9.88. The summed E-state index contributed by atoms with van der Waals surface area (Å²) >= 11 is 0. The first kappa shape index (κ1) is 20.4. The van der Waals surface area contributed by atoms with Gasteiger partial charge in [-0.25, -0.2) is 9.59 Å². The molecule has 23 heavy (non-hydrogen) atoms. The second-order valence-corrected chi connectivity index (χ2v) is 4.79. The molecule has 128 valence electrons. The summed E-state index contributed by atoms with van der Waals surface area (Å²) in [5, 5.41) is 17.4. The highest BCUT2D eigenvalue weighted by Gasteiger charge is 2.16. The van der Waals surface area contributed by atoms with E-state index in [-0.39, 0.29) is 17.8 Å². The van der Waals surface area contributed by atoms with Gasteiger partial charge >= 0.3 is 23.9 Å². The molecule has 0 amide bonds. The number of carboxylic acids is 2. The van der Waals surface area contributed by atoms with Crippen LogP contribution < -0.4 is 0 Å². The highest BCUT2D eigenvalue weighted by atomic mass is 16.6. The van der Waals surface area contributed by atoms with Gasteiger partial charge in [0.2, 0.25) is 0 Å². The van der Waals surface area contributed by atoms with E-state index in [9.17, 15) is 19.2 Å². The van der Waals surface area contributed by atoms with Crippen molar-refractivity contribution in [3.8, 4) is 0 Å². The molecule has 8 heteroatoms. The van der Waals surface area contributed by atoms with Crippen molar-refractivity contribution in [3.63, 3.8) is 0 Å². The Morgan fingerprint density at radius 1 is 1.13 bits per heavy atom. The summed E-state index contributed by atoms with van der Waals surface area (Å²) in [7, 11) is 0. The number of ether oxygens (including phenoxy) is 2. The number of carboxylic acid groups (broad SMARTS) is 2. The summed E-state index contributed by atoms with van der Waals surface area (Å²) in [6.07, 6.45) is -0.689. The summed E-state index contributed by atoms with van der Waals surface area (Å²) in [5.74, 6) is -4.02. The molecule has 2 N–H and O–H groups in total. The molecule has 0 saturated heterocycles. The van der Waals surface area contributed by atoms with Gasteiger partial charge in [0.05, 0.1) is 12.8 Å². The highest BCUT2D eigenvalue weighted by molar-refractivity contribution is 5.87. The first-order chi connectivity index (χ1) is 10.6. The van der Waals surface area contributed by atoms with Crippen molar-refractivity contribution in [2.75, 3.05) is 6.61 Å². The van der Waals surface area contributed by atoms with Gasteiger partial charge < -0.3 is 19.7 Å². The molecule has 0 heterocycles. The second kappa shape index (κ2) is 10.1. The number of hydrogen-bond acceptors (Lipinski definition) is 6. The lowest BCUT2D eigenvalue weighted by molar-refractivity contribution is -0.153. The van der Waals surface area contributed by atoms with Crippen LogP contribution >= 0.6 is 0 Å². The van der Waals surface area contributed by atoms with Crippen LogP contribution in [0.25, 0.3) is 0 Å². The first-order valence-electron chi connectivity index (χ1n) is 6.82. The van der Waals surface area contributed by atoms with Crippen molar-refractivity contribution in [3.05, 3.63) is 23.8 Å². The zero-order valence-electron chi connectivity index (χ0n) is 13.0. The molecular weight excluding hydrogens is 308 g/mol. The maximum Gasteiger partial charge on any atom is 0.333 e. The Hall–Kier alpha value is -2.64. The fourth-order valence-electron chi connectivity index (χ4n) is 1.45. The van der Waals surface area contributed by atoms with E-state index in [2.05, 4.69) is 6.58 Å². The number of carbonyl (C=O) groups is 4. The lowest BCUT2D eigenvalue weighted by Crippen LogP contribution is -2.24. The Balaban J connectivity index is 4.73.